The minimum atomic E-state index is -0.255. The van der Waals surface area contributed by atoms with E-state index in [0.717, 1.165) is 24.2 Å². The van der Waals surface area contributed by atoms with Gasteiger partial charge < -0.3 is 10.5 Å². The summed E-state index contributed by atoms with van der Waals surface area (Å²) >= 11 is 0. The highest BCUT2D eigenvalue weighted by Gasteiger charge is 2.12. The van der Waals surface area contributed by atoms with E-state index in [9.17, 15) is 4.39 Å². The summed E-state index contributed by atoms with van der Waals surface area (Å²) in [5.41, 5.74) is 9.16. The van der Waals surface area contributed by atoms with Crippen molar-refractivity contribution in [1.29, 1.82) is 0 Å². The van der Waals surface area contributed by atoms with Gasteiger partial charge in [-0.2, -0.15) is 0 Å². The third kappa shape index (κ3) is 2.68. The number of hydrogen-bond acceptors (Lipinski definition) is 2. The Bertz CT molecular complexity index is 624. The first-order chi connectivity index (χ1) is 9.76. The molecule has 0 heterocycles. The lowest BCUT2D eigenvalue weighted by Gasteiger charge is -2.12. The van der Waals surface area contributed by atoms with Crippen LogP contribution in [-0.4, -0.2) is 6.54 Å². The first-order valence-electron chi connectivity index (χ1n) is 7.04. The Morgan fingerprint density at radius 3 is 2.75 bits per heavy atom. The van der Waals surface area contributed by atoms with Crippen LogP contribution in [0.15, 0.2) is 36.4 Å². The van der Waals surface area contributed by atoms with Crippen molar-refractivity contribution >= 4 is 0 Å². The molecule has 3 rings (SSSR count). The molecule has 0 bridgehead atoms. The Kier molecular flexibility index (Phi) is 3.70. The van der Waals surface area contributed by atoms with Crippen molar-refractivity contribution in [3.8, 4) is 11.5 Å². The zero-order chi connectivity index (χ0) is 13.9. The van der Waals surface area contributed by atoms with Crippen molar-refractivity contribution in [2.45, 2.75) is 25.7 Å². The normalized spacial score (nSPS) is 13.3. The summed E-state index contributed by atoms with van der Waals surface area (Å²) in [7, 11) is 0. The summed E-state index contributed by atoms with van der Waals surface area (Å²) in [5, 5.41) is 0. The highest BCUT2D eigenvalue weighted by Crippen LogP contribution is 2.30. The van der Waals surface area contributed by atoms with Gasteiger partial charge >= 0.3 is 0 Å². The van der Waals surface area contributed by atoms with Crippen LogP contribution < -0.4 is 10.5 Å². The number of benzene rings is 2. The van der Waals surface area contributed by atoms with E-state index in [1.54, 1.807) is 6.07 Å². The Hall–Kier alpha value is -1.87. The fourth-order valence-electron chi connectivity index (χ4n) is 2.74. The molecule has 0 saturated carbocycles. The van der Waals surface area contributed by atoms with E-state index >= 15 is 0 Å². The maximum absolute atomic E-state index is 13.3. The van der Waals surface area contributed by atoms with Gasteiger partial charge in [0, 0.05) is 0 Å². The van der Waals surface area contributed by atoms with Gasteiger partial charge in [0.1, 0.15) is 17.3 Å². The molecule has 0 aliphatic heterocycles. The van der Waals surface area contributed by atoms with E-state index in [4.69, 9.17) is 10.5 Å². The maximum atomic E-state index is 13.3. The molecule has 0 atom stereocenters. The lowest BCUT2D eigenvalue weighted by molar-refractivity contribution is 0.473. The Balaban J connectivity index is 1.87. The molecule has 3 heteroatoms. The molecular formula is C17H18FNO. The summed E-state index contributed by atoms with van der Waals surface area (Å²) in [5.74, 6) is 1.25. The molecule has 1 aliphatic carbocycles. The first-order valence-corrected chi connectivity index (χ1v) is 7.04. The zero-order valence-corrected chi connectivity index (χ0v) is 11.4. The van der Waals surface area contributed by atoms with Gasteiger partial charge in [-0.3, -0.25) is 0 Å². The summed E-state index contributed by atoms with van der Waals surface area (Å²) < 4.78 is 19.2. The van der Waals surface area contributed by atoms with Crippen LogP contribution in [0.2, 0.25) is 0 Å². The van der Waals surface area contributed by atoms with Crippen LogP contribution >= 0.6 is 0 Å². The van der Waals surface area contributed by atoms with Gasteiger partial charge in [0.25, 0.3) is 0 Å². The zero-order valence-electron chi connectivity index (χ0n) is 11.4. The van der Waals surface area contributed by atoms with Crippen LogP contribution in [-0.2, 0) is 19.3 Å². The Labute approximate surface area is 118 Å². The minimum absolute atomic E-state index is 0.255. The summed E-state index contributed by atoms with van der Waals surface area (Å²) in [4.78, 5) is 0. The molecule has 0 saturated heterocycles. The van der Waals surface area contributed by atoms with E-state index in [0.29, 0.717) is 18.7 Å². The van der Waals surface area contributed by atoms with Gasteiger partial charge in [0.15, 0.2) is 0 Å². The molecule has 2 nitrogen and oxygen atoms in total. The van der Waals surface area contributed by atoms with Crippen molar-refractivity contribution in [3.05, 3.63) is 58.9 Å². The van der Waals surface area contributed by atoms with Crippen LogP contribution in [0, 0.1) is 5.82 Å². The van der Waals surface area contributed by atoms with Crippen LogP contribution in [0.1, 0.15) is 23.1 Å². The average molecular weight is 271 g/mol. The number of rotatable bonds is 4. The topological polar surface area (TPSA) is 35.2 Å². The molecule has 1 aliphatic rings. The van der Waals surface area contributed by atoms with E-state index in [1.165, 1.54) is 29.7 Å². The lowest BCUT2D eigenvalue weighted by Crippen LogP contribution is -2.04. The van der Waals surface area contributed by atoms with Crippen molar-refractivity contribution in [1.82, 2.24) is 0 Å². The van der Waals surface area contributed by atoms with Crippen molar-refractivity contribution in [2.24, 2.45) is 5.73 Å². The molecule has 2 aromatic carbocycles. The van der Waals surface area contributed by atoms with Crippen molar-refractivity contribution < 1.29 is 9.13 Å². The summed E-state index contributed by atoms with van der Waals surface area (Å²) in [6.07, 6.45) is 4.10. The Morgan fingerprint density at radius 1 is 1.05 bits per heavy atom. The SMILES string of the molecule is NCCc1cc(F)ccc1Oc1ccc2c(c1)CCC2. The standard InChI is InChI=1S/C17H18FNO/c18-15-5-7-17(14(10-15)8-9-19)20-16-6-4-12-2-1-3-13(12)11-16/h4-7,10-11H,1-3,8-9,19H2. The van der Waals surface area contributed by atoms with E-state index < -0.39 is 0 Å². The Morgan fingerprint density at radius 2 is 1.90 bits per heavy atom. The monoisotopic (exact) mass is 271 g/mol. The predicted molar refractivity (Wildman–Crippen MR) is 77.7 cm³/mol. The third-order valence-electron chi connectivity index (χ3n) is 3.73. The van der Waals surface area contributed by atoms with E-state index in [1.807, 2.05) is 6.07 Å². The lowest BCUT2D eigenvalue weighted by atomic mass is 10.1. The number of nitrogens with two attached hydrogens (primary N) is 1. The van der Waals surface area contributed by atoms with Crippen molar-refractivity contribution in [2.75, 3.05) is 6.54 Å². The van der Waals surface area contributed by atoms with Crippen LogP contribution in [0.5, 0.6) is 11.5 Å². The van der Waals surface area contributed by atoms with E-state index in [-0.39, 0.29) is 5.82 Å². The molecule has 0 fully saturated rings. The number of aryl methyl sites for hydroxylation is 2. The number of hydrogen-bond donors (Lipinski definition) is 1. The highest BCUT2D eigenvalue weighted by atomic mass is 19.1. The largest absolute Gasteiger partial charge is 0.457 e. The molecule has 20 heavy (non-hydrogen) atoms. The smallest absolute Gasteiger partial charge is 0.130 e. The molecule has 104 valence electrons. The van der Waals surface area contributed by atoms with Gasteiger partial charge in [-0.05, 0) is 79.3 Å². The van der Waals surface area contributed by atoms with E-state index in [2.05, 4.69) is 12.1 Å². The average Bonchev–Trinajstić information content (AvgIpc) is 2.89. The van der Waals surface area contributed by atoms with Crippen LogP contribution in [0.3, 0.4) is 0 Å². The van der Waals surface area contributed by atoms with Gasteiger partial charge in [0.2, 0.25) is 0 Å². The second-order valence-corrected chi connectivity index (χ2v) is 5.18. The number of fused-ring (bicyclic) bond motifs is 1. The molecule has 0 unspecified atom stereocenters. The molecular weight excluding hydrogens is 253 g/mol. The minimum Gasteiger partial charge on any atom is -0.457 e. The number of halogens is 1. The van der Waals surface area contributed by atoms with Crippen LogP contribution in [0.4, 0.5) is 4.39 Å². The molecule has 2 aromatic rings. The molecule has 0 spiro atoms. The predicted octanol–water partition coefficient (Wildman–Crippen LogP) is 3.61. The quantitative estimate of drug-likeness (QED) is 0.922. The number of ether oxygens (including phenoxy) is 1. The second-order valence-electron chi connectivity index (χ2n) is 5.18. The third-order valence-corrected chi connectivity index (χ3v) is 3.73. The summed E-state index contributed by atoms with van der Waals surface area (Å²) in [6, 6.07) is 10.8. The van der Waals surface area contributed by atoms with Gasteiger partial charge in [-0.1, -0.05) is 6.07 Å². The maximum Gasteiger partial charge on any atom is 0.130 e. The fraction of sp³-hybridized carbons (Fsp3) is 0.294. The van der Waals surface area contributed by atoms with Crippen molar-refractivity contribution in [3.63, 3.8) is 0 Å². The fourth-order valence-corrected chi connectivity index (χ4v) is 2.74. The molecule has 2 N–H and O–H groups in total. The highest BCUT2D eigenvalue weighted by molar-refractivity contribution is 5.43. The molecule has 0 amide bonds. The molecule has 0 radical (unpaired) electrons. The molecule has 0 aromatic heterocycles. The van der Waals surface area contributed by atoms with Crippen LogP contribution in [0.25, 0.3) is 0 Å². The summed E-state index contributed by atoms with van der Waals surface area (Å²) in [6.45, 7) is 0.476. The second kappa shape index (κ2) is 5.63. The van der Waals surface area contributed by atoms with Gasteiger partial charge in [-0.15, -0.1) is 0 Å². The first kappa shape index (κ1) is 13.1. The van der Waals surface area contributed by atoms with Gasteiger partial charge in [-0.25, -0.2) is 4.39 Å². The van der Waals surface area contributed by atoms with Gasteiger partial charge in [0.05, 0.1) is 0 Å².